The lowest BCUT2D eigenvalue weighted by Gasteiger charge is -2.33. The molecule has 0 saturated carbocycles. The van der Waals surface area contributed by atoms with Crippen molar-refractivity contribution in [1.82, 2.24) is 14.7 Å². The zero-order valence-electron chi connectivity index (χ0n) is 19.1. The normalized spacial score (nSPS) is 15.8. The zero-order valence-corrected chi connectivity index (χ0v) is 19.9. The van der Waals surface area contributed by atoms with Crippen molar-refractivity contribution in [2.75, 3.05) is 19.3 Å². The van der Waals surface area contributed by atoms with Gasteiger partial charge in [-0.15, -0.1) is 0 Å². The molecule has 1 aliphatic rings. The maximum Gasteiger partial charge on any atom is 0.410 e. The lowest BCUT2D eigenvalue weighted by Crippen LogP contribution is -2.41. The van der Waals surface area contributed by atoms with Crippen LogP contribution in [0.4, 0.5) is 4.79 Å². The molecule has 1 saturated heterocycles. The summed E-state index contributed by atoms with van der Waals surface area (Å²) in [6.45, 7) is 9.74. The monoisotopic (exact) mass is 447 g/mol. The number of nitrogens with zero attached hydrogens (tertiary/aromatic N) is 3. The summed E-state index contributed by atoms with van der Waals surface area (Å²) >= 11 is 0. The van der Waals surface area contributed by atoms with E-state index in [1.807, 2.05) is 43.8 Å². The molecule has 8 heteroatoms. The molecule has 2 aromatic rings. The predicted molar refractivity (Wildman–Crippen MR) is 120 cm³/mol. The molecule has 0 radical (unpaired) electrons. The number of ether oxygens (including phenoxy) is 1. The van der Waals surface area contributed by atoms with Gasteiger partial charge in [0.1, 0.15) is 5.60 Å². The number of amides is 1. The number of likely N-dealkylation sites (tertiary alicyclic amines) is 1. The van der Waals surface area contributed by atoms with E-state index in [0.29, 0.717) is 30.4 Å². The van der Waals surface area contributed by atoms with Crippen LogP contribution < -0.4 is 0 Å². The average Bonchev–Trinajstić information content (AvgIpc) is 3.09. The minimum Gasteiger partial charge on any atom is -0.444 e. The zero-order chi connectivity index (χ0) is 22.8. The van der Waals surface area contributed by atoms with Crippen LogP contribution in [0.25, 0.3) is 0 Å². The summed E-state index contributed by atoms with van der Waals surface area (Å²) in [7, 11) is -3.20. The smallest absolute Gasteiger partial charge is 0.410 e. The number of rotatable bonds is 5. The molecule has 31 heavy (non-hydrogen) atoms. The van der Waals surface area contributed by atoms with Crippen LogP contribution >= 0.6 is 0 Å². The standard InChI is InChI=1S/C23H33N3O4S/c1-6-21-20(18-11-13-25(14-12-18)22(27)30-23(2,3)4)15-24-26(21)16-17-7-9-19(10-8-17)31(5,28)29/h7-10,15,18H,6,11-14,16H2,1-5H3. The molecule has 1 aromatic heterocycles. The van der Waals surface area contributed by atoms with Crippen molar-refractivity contribution in [2.45, 2.75) is 69.9 Å². The van der Waals surface area contributed by atoms with Gasteiger partial charge in [-0.25, -0.2) is 13.2 Å². The van der Waals surface area contributed by atoms with Gasteiger partial charge in [0.15, 0.2) is 9.84 Å². The van der Waals surface area contributed by atoms with E-state index < -0.39 is 15.4 Å². The maximum atomic E-state index is 12.3. The quantitative estimate of drug-likeness (QED) is 0.692. The Balaban J connectivity index is 1.67. The second-order valence-electron chi connectivity index (χ2n) is 9.22. The number of sulfone groups is 1. The Labute approximate surface area is 185 Å². The Hall–Kier alpha value is -2.35. The lowest BCUT2D eigenvalue weighted by atomic mass is 9.89. The van der Waals surface area contributed by atoms with Crippen LogP contribution in [-0.4, -0.2) is 54.1 Å². The molecule has 0 aliphatic carbocycles. The third-order valence-corrected chi connectivity index (χ3v) is 6.71. The van der Waals surface area contributed by atoms with Crippen LogP contribution in [0.1, 0.15) is 63.3 Å². The van der Waals surface area contributed by atoms with Crippen LogP contribution in [0.5, 0.6) is 0 Å². The highest BCUT2D eigenvalue weighted by atomic mass is 32.2. The van der Waals surface area contributed by atoms with E-state index in [1.54, 1.807) is 17.0 Å². The minimum atomic E-state index is -3.20. The average molecular weight is 448 g/mol. The summed E-state index contributed by atoms with van der Waals surface area (Å²) in [6.07, 6.45) is 5.57. The van der Waals surface area contributed by atoms with Gasteiger partial charge in [-0.3, -0.25) is 4.68 Å². The largest absolute Gasteiger partial charge is 0.444 e. The van der Waals surface area contributed by atoms with Gasteiger partial charge in [-0.1, -0.05) is 19.1 Å². The maximum absolute atomic E-state index is 12.3. The van der Waals surface area contributed by atoms with Crippen molar-refractivity contribution >= 4 is 15.9 Å². The molecule has 3 rings (SSSR count). The topological polar surface area (TPSA) is 81.5 Å². The van der Waals surface area contributed by atoms with E-state index >= 15 is 0 Å². The highest BCUT2D eigenvalue weighted by molar-refractivity contribution is 7.90. The number of carbonyl (C=O) groups excluding carboxylic acids is 1. The molecule has 1 fully saturated rings. The number of benzene rings is 1. The molecule has 0 bridgehead atoms. The molecule has 0 N–H and O–H groups in total. The van der Waals surface area contributed by atoms with Crippen molar-refractivity contribution in [2.24, 2.45) is 0 Å². The molecule has 170 valence electrons. The van der Waals surface area contributed by atoms with Crippen molar-refractivity contribution in [3.05, 3.63) is 47.3 Å². The lowest BCUT2D eigenvalue weighted by molar-refractivity contribution is 0.0204. The highest BCUT2D eigenvalue weighted by Crippen LogP contribution is 2.31. The van der Waals surface area contributed by atoms with Gasteiger partial charge in [0.05, 0.1) is 17.6 Å². The van der Waals surface area contributed by atoms with Crippen molar-refractivity contribution < 1.29 is 17.9 Å². The molecule has 0 spiro atoms. The highest BCUT2D eigenvalue weighted by Gasteiger charge is 2.29. The van der Waals surface area contributed by atoms with Crippen molar-refractivity contribution in [1.29, 1.82) is 0 Å². The fraction of sp³-hybridized carbons (Fsp3) is 0.565. The van der Waals surface area contributed by atoms with Crippen LogP contribution in [0.3, 0.4) is 0 Å². The Morgan fingerprint density at radius 1 is 1.16 bits per heavy atom. The van der Waals surface area contributed by atoms with Crippen molar-refractivity contribution in [3.8, 4) is 0 Å². The van der Waals surface area contributed by atoms with Gasteiger partial charge in [-0.05, 0) is 69.2 Å². The van der Waals surface area contributed by atoms with E-state index in [4.69, 9.17) is 4.74 Å². The molecule has 7 nitrogen and oxygen atoms in total. The Morgan fingerprint density at radius 2 is 1.77 bits per heavy atom. The number of piperidine rings is 1. The summed E-state index contributed by atoms with van der Waals surface area (Å²) in [6, 6.07) is 6.98. The van der Waals surface area contributed by atoms with Crippen molar-refractivity contribution in [3.63, 3.8) is 0 Å². The van der Waals surface area contributed by atoms with Crippen LogP contribution in [0, 0.1) is 0 Å². The third-order valence-electron chi connectivity index (χ3n) is 5.59. The first kappa shape index (κ1) is 23.3. The van der Waals surface area contributed by atoms with Crippen LogP contribution in [-0.2, 0) is 27.5 Å². The first-order chi connectivity index (χ1) is 14.5. The predicted octanol–water partition coefficient (Wildman–Crippen LogP) is 4.01. The third kappa shape index (κ3) is 5.87. The molecule has 1 aromatic carbocycles. The summed E-state index contributed by atoms with van der Waals surface area (Å²) in [5, 5.41) is 4.62. The number of hydrogen-bond acceptors (Lipinski definition) is 5. The molecule has 2 heterocycles. The second-order valence-corrected chi connectivity index (χ2v) is 11.2. The Morgan fingerprint density at radius 3 is 2.29 bits per heavy atom. The summed E-state index contributed by atoms with van der Waals surface area (Å²) < 4.78 is 30.8. The minimum absolute atomic E-state index is 0.241. The second kappa shape index (κ2) is 9.02. The number of carbonyl (C=O) groups is 1. The molecule has 0 unspecified atom stereocenters. The van der Waals surface area contributed by atoms with Gasteiger partial charge >= 0.3 is 6.09 Å². The SMILES string of the molecule is CCc1c(C2CCN(C(=O)OC(C)(C)C)CC2)cnn1Cc1ccc(S(C)(=O)=O)cc1. The molecular weight excluding hydrogens is 414 g/mol. The van der Waals surface area contributed by atoms with E-state index in [2.05, 4.69) is 12.0 Å². The fourth-order valence-corrected chi connectivity index (χ4v) is 4.63. The first-order valence-corrected chi connectivity index (χ1v) is 12.7. The van der Waals surface area contributed by atoms with E-state index in [-0.39, 0.29) is 6.09 Å². The number of hydrogen-bond donors (Lipinski definition) is 0. The molecular formula is C23H33N3O4S. The Kier molecular flexibility index (Phi) is 6.79. The van der Waals surface area contributed by atoms with Gasteiger partial charge in [0, 0.05) is 25.0 Å². The fourth-order valence-electron chi connectivity index (χ4n) is 4.00. The van der Waals surface area contributed by atoms with Gasteiger partial charge < -0.3 is 9.64 Å². The Bertz CT molecular complexity index is 1010. The summed E-state index contributed by atoms with van der Waals surface area (Å²) in [4.78, 5) is 14.4. The number of aromatic nitrogens is 2. The van der Waals surface area contributed by atoms with Gasteiger partial charge in [0.25, 0.3) is 0 Å². The summed E-state index contributed by atoms with van der Waals surface area (Å²) in [5.41, 5.74) is 2.97. The van der Waals surface area contributed by atoms with Crippen LogP contribution in [0.2, 0.25) is 0 Å². The molecule has 1 amide bonds. The van der Waals surface area contributed by atoms with E-state index in [0.717, 1.165) is 24.8 Å². The molecule has 0 atom stereocenters. The van der Waals surface area contributed by atoms with E-state index in [9.17, 15) is 13.2 Å². The molecule has 1 aliphatic heterocycles. The van der Waals surface area contributed by atoms with Gasteiger partial charge in [0.2, 0.25) is 0 Å². The first-order valence-electron chi connectivity index (χ1n) is 10.8. The van der Waals surface area contributed by atoms with Gasteiger partial charge in [-0.2, -0.15) is 5.10 Å². The van der Waals surface area contributed by atoms with E-state index in [1.165, 1.54) is 17.5 Å². The summed E-state index contributed by atoms with van der Waals surface area (Å²) in [5.74, 6) is 0.370. The van der Waals surface area contributed by atoms with Crippen LogP contribution in [0.15, 0.2) is 35.4 Å².